The first-order valence-corrected chi connectivity index (χ1v) is 9.57. The maximum absolute atomic E-state index is 11.2. The van der Waals surface area contributed by atoms with Gasteiger partial charge in [-0.05, 0) is 43.0 Å². The monoisotopic (exact) mass is 401 g/mol. The minimum Gasteiger partial charge on any atom is -0.490 e. The highest BCUT2D eigenvalue weighted by Crippen LogP contribution is 2.32. The fraction of sp³-hybridized carbons (Fsp3) is 0.381. The number of aliphatic imine (C=N–C) groups is 2. The molecule has 7 heteroatoms. The lowest BCUT2D eigenvalue weighted by Crippen LogP contribution is -2.50. The summed E-state index contributed by atoms with van der Waals surface area (Å²) >= 11 is 6.45. The quantitative estimate of drug-likeness (QED) is 0.700. The normalized spacial score (nSPS) is 17.4. The first-order valence-electron chi connectivity index (χ1n) is 9.19. The minimum atomic E-state index is -1.07. The van der Waals surface area contributed by atoms with Gasteiger partial charge in [0, 0.05) is 23.6 Å². The Bertz CT molecular complexity index is 902. The fourth-order valence-corrected chi connectivity index (χ4v) is 3.82. The van der Waals surface area contributed by atoms with E-state index in [0.717, 1.165) is 22.4 Å². The number of nitrogens with zero attached hydrogens (tertiary/aromatic N) is 2. The van der Waals surface area contributed by atoms with Gasteiger partial charge in [0.1, 0.15) is 12.4 Å². The van der Waals surface area contributed by atoms with Gasteiger partial charge < -0.3 is 15.2 Å². The van der Waals surface area contributed by atoms with E-state index in [9.17, 15) is 4.79 Å². The number of hydrogen-bond acceptors (Lipinski definition) is 4. The molecule has 0 fully saturated rings. The van der Waals surface area contributed by atoms with Gasteiger partial charge in [0.25, 0.3) is 0 Å². The number of ether oxygens (including phenoxy) is 1. The molecule has 0 spiro atoms. The molecule has 28 heavy (non-hydrogen) atoms. The van der Waals surface area contributed by atoms with E-state index in [2.05, 4.69) is 15.3 Å². The van der Waals surface area contributed by atoms with Gasteiger partial charge in [0.2, 0.25) is 0 Å². The van der Waals surface area contributed by atoms with Gasteiger partial charge in [0.15, 0.2) is 0 Å². The van der Waals surface area contributed by atoms with Crippen molar-refractivity contribution in [1.82, 2.24) is 5.32 Å². The third-order valence-electron chi connectivity index (χ3n) is 4.59. The highest BCUT2D eigenvalue weighted by atomic mass is 35.5. The Kier molecular flexibility index (Phi) is 5.89. The number of nitrogens with one attached hydrogen (secondary N) is 1. The highest BCUT2D eigenvalue weighted by Gasteiger charge is 2.29. The van der Waals surface area contributed by atoms with Gasteiger partial charge in [-0.1, -0.05) is 31.5 Å². The van der Waals surface area contributed by atoms with E-state index in [1.165, 1.54) is 0 Å². The Morgan fingerprint density at radius 3 is 2.86 bits per heavy atom. The molecule has 2 aliphatic rings. The van der Waals surface area contributed by atoms with Gasteiger partial charge in [-0.25, -0.2) is 4.79 Å². The number of fused-ring (bicyclic) bond motifs is 1. The van der Waals surface area contributed by atoms with E-state index < -0.39 is 11.6 Å². The second-order valence-electron chi connectivity index (χ2n) is 7.71. The van der Waals surface area contributed by atoms with Gasteiger partial charge in [-0.15, -0.1) is 0 Å². The van der Waals surface area contributed by atoms with Crippen molar-refractivity contribution in [1.29, 1.82) is 0 Å². The molecule has 6 nitrogen and oxygen atoms in total. The van der Waals surface area contributed by atoms with Crippen molar-refractivity contribution in [3.8, 4) is 5.75 Å². The van der Waals surface area contributed by atoms with E-state index in [0.29, 0.717) is 29.7 Å². The molecule has 2 aliphatic heterocycles. The summed E-state index contributed by atoms with van der Waals surface area (Å²) in [4.78, 5) is 19.9. The van der Waals surface area contributed by atoms with Crippen LogP contribution in [0.15, 0.2) is 46.0 Å². The van der Waals surface area contributed by atoms with Crippen LogP contribution in [0, 0.1) is 5.92 Å². The Morgan fingerprint density at radius 1 is 1.39 bits per heavy atom. The van der Waals surface area contributed by atoms with Crippen molar-refractivity contribution < 1.29 is 14.6 Å². The zero-order chi connectivity index (χ0) is 20.3. The summed E-state index contributed by atoms with van der Waals surface area (Å²) in [5, 5.41) is 12.2. The van der Waals surface area contributed by atoms with Gasteiger partial charge in [0.05, 0.1) is 22.8 Å². The van der Waals surface area contributed by atoms with Crippen molar-refractivity contribution in [2.75, 3.05) is 13.2 Å². The van der Waals surface area contributed by atoms with Crippen LogP contribution >= 0.6 is 11.6 Å². The molecule has 0 radical (unpaired) electrons. The van der Waals surface area contributed by atoms with Crippen molar-refractivity contribution >= 4 is 35.2 Å². The van der Waals surface area contributed by atoms with Gasteiger partial charge >= 0.3 is 6.09 Å². The number of hydrogen-bond donors (Lipinski definition) is 2. The zero-order valence-electron chi connectivity index (χ0n) is 16.2. The first kappa shape index (κ1) is 20.1. The molecule has 0 bridgehead atoms. The summed E-state index contributed by atoms with van der Waals surface area (Å²) in [6.45, 7) is 6.69. The zero-order valence-corrected chi connectivity index (χ0v) is 17.0. The predicted octanol–water partition coefficient (Wildman–Crippen LogP) is 4.60. The van der Waals surface area contributed by atoms with Crippen LogP contribution in [0.5, 0.6) is 5.75 Å². The van der Waals surface area contributed by atoms with Crippen molar-refractivity contribution in [2.24, 2.45) is 15.9 Å². The molecule has 148 valence electrons. The van der Waals surface area contributed by atoms with Crippen molar-refractivity contribution in [3.05, 3.63) is 46.6 Å². The van der Waals surface area contributed by atoms with Crippen LogP contribution in [-0.4, -0.2) is 41.8 Å². The summed E-state index contributed by atoms with van der Waals surface area (Å²) in [7, 11) is 0. The molecule has 2 heterocycles. The molecule has 1 unspecified atom stereocenters. The van der Waals surface area contributed by atoms with Gasteiger partial charge in [-0.3, -0.25) is 9.98 Å². The SMILES string of the molecule is CC(C)CC(C)(COc1ccc(C2=C3C=CN=C3CN=C2)cc1Cl)NC(=O)O. The summed E-state index contributed by atoms with van der Waals surface area (Å²) < 4.78 is 5.89. The van der Waals surface area contributed by atoms with Crippen LogP contribution in [0.4, 0.5) is 4.79 Å². The first-order chi connectivity index (χ1) is 13.3. The molecule has 2 N–H and O–H groups in total. The molecule has 1 amide bonds. The molecule has 0 aromatic heterocycles. The molecule has 3 rings (SSSR count). The lowest BCUT2D eigenvalue weighted by Gasteiger charge is -2.31. The Hall–Kier alpha value is -2.60. The second-order valence-corrected chi connectivity index (χ2v) is 8.12. The van der Waals surface area contributed by atoms with E-state index >= 15 is 0 Å². The number of benzene rings is 1. The minimum absolute atomic E-state index is 0.186. The summed E-state index contributed by atoms with van der Waals surface area (Å²) in [5.74, 6) is 0.828. The summed E-state index contributed by atoms with van der Waals surface area (Å²) in [6, 6.07) is 5.57. The third-order valence-corrected chi connectivity index (χ3v) is 4.89. The number of rotatable bonds is 7. The van der Waals surface area contributed by atoms with E-state index in [4.69, 9.17) is 21.4 Å². The average molecular weight is 402 g/mol. The number of allylic oxidation sites excluding steroid dienone is 2. The molecular weight excluding hydrogens is 378 g/mol. The van der Waals surface area contributed by atoms with Gasteiger partial charge in [-0.2, -0.15) is 0 Å². The second kappa shape index (κ2) is 8.19. The number of dihydropyridines is 1. The smallest absolute Gasteiger partial charge is 0.405 e. The molecule has 0 aliphatic carbocycles. The molecule has 1 atom stereocenters. The molecule has 0 saturated carbocycles. The average Bonchev–Trinajstić information content (AvgIpc) is 3.08. The van der Waals surface area contributed by atoms with Crippen LogP contribution < -0.4 is 10.1 Å². The number of carboxylic acid groups (broad SMARTS) is 1. The Balaban J connectivity index is 1.78. The largest absolute Gasteiger partial charge is 0.490 e. The fourth-order valence-electron chi connectivity index (χ4n) is 3.59. The number of amides is 1. The van der Waals surface area contributed by atoms with Crippen LogP contribution in [0.3, 0.4) is 0 Å². The highest BCUT2D eigenvalue weighted by molar-refractivity contribution is 6.33. The van der Waals surface area contributed by atoms with Crippen LogP contribution in [-0.2, 0) is 0 Å². The molecule has 1 aromatic carbocycles. The van der Waals surface area contributed by atoms with Crippen molar-refractivity contribution in [3.63, 3.8) is 0 Å². The maximum atomic E-state index is 11.2. The lowest BCUT2D eigenvalue weighted by atomic mass is 9.91. The van der Waals surface area contributed by atoms with Crippen LogP contribution in [0.2, 0.25) is 5.02 Å². The number of carbonyl (C=O) groups is 1. The molecule has 1 aromatic rings. The summed E-state index contributed by atoms with van der Waals surface area (Å²) in [6.07, 6.45) is 5.18. The lowest BCUT2D eigenvalue weighted by molar-refractivity contribution is 0.143. The standard InChI is InChI=1S/C21H24ClN3O3/c1-13(2)9-21(3,25-20(26)27)12-28-19-5-4-14(8-17(19)22)16-10-23-11-18-15(16)6-7-24-18/h4-8,10,13,25H,9,11-12H2,1-3H3,(H,26,27). The molecular formula is C21H24ClN3O3. The van der Waals surface area contributed by atoms with Crippen molar-refractivity contribution in [2.45, 2.75) is 32.7 Å². The Labute approximate surface area is 169 Å². The van der Waals surface area contributed by atoms with E-state index in [1.54, 1.807) is 12.3 Å². The summed E-state index contributed by atoms with van der Waals surface area (Å²) in [5.41, 5.74) is 3.23. The van der Waals surface area contributed by atoms with Crippen LogP contribution in [0.1, 0.15) is 32.8 Å². The number of halogens is 1. The van der Waals surface area contributed by atoms with E-state index in [-0.39, 0.29) is 6.61 Å². The predicted molar refractivity (Wildman–Crippen MR) is 113 cm³/mol. The molecule has 0 saturated heterocycles. The topological polar surface area (TPSA) is 83.3 Å². The van der Waals surface area contributed by atoms with E-state index in [1.807, 2.05) is 45.2 Å². The Morgan fingerprint density at radius 2 is 2.18 bits per heavy atom. The van der Waals surface area contributed by atoms with Crippen LogP contribution in [0.25, 0.3) is 5.57 Å². The third kappa shape index (κ3) is 4.62. The maximum Gasteiger partial charge on any atom is 0.405 e.